The summed E-state index contributed by atoms with van der Waals surface area (Å²) < 4.78 is 5.15. The predicted molar refractivity (Wildman–Crippen MR) is 113 cm³/mol. The summed E-state index contributed by atoms with van der Waals surface area (Å²) >= 11 is 1.65. The zero-order valence-electron chi connectivity index (χ0n) is 16.6. The first kappa shape index (κ1) is 20.6. The van der Waals surface area contributed by atoms with Gasteiger partial charge in [-0.25, -0.2) is 0 Å². The molecular formula is C22H28N2O3S. The highest BCUT2D eigenvalue weighted by molar-refractivity contribution is 7.16. The maximum atomic E-state index is 12.6. The molecule has 0 radical (unpaired) electrons. The highest BCUT2D eigenvalue weighted by atomic mass is 32.1. The van der Waals surface area contributed by atoms with Gasteiger partial charge < -0.3 is 10.1 Å². The van der Waals surface area contributed by atoms with E-state index in [0.29, 0.717) is 12.2 Å². The molecule has 5 nitrogen and oxygen atoms in total. The molecule has 1 aliphatic heterocycles. The molecule has 2 heterocycles. The van der Waals surface area contributed by atoms with Gasteiger partial charge in [-0.05, 0) is 57.5 Å². The third-order valence-corrected chi connectivity index (χ3v) is 6.31. The number of ether oxygens (including phenoxy) is 1. The number of carbonyl (C=O) groups excluding carboxylic acids is 2. The first-order valence-electron chi connectivity index (χ1n) is 9.97. The van der Waals surface area contributed by atoms with Crippen LogP contribution < -0.4 is 5.32 Å². The van der Waals surface area contributed by atoms with Crippen molar-refractivity contribution in [1.29, 1.82) is 0 Å². The van der Waals surface area contributed by atoms with Crippen molar-refractivity contribution in [3.05, 3.63) is 52.4 Å². The third-order valence-electron chi connectivity index (χ3n) is 5.07. The number of carbonyl (C=O) groups is 2. The third kappa shape index (κ3) is 5.20. The zero-order valence-corrected chi connectivity index (χ0v) is 17.4. The molecule has 1 aliphatic rings. The summed E-state index contributed by atoms with van der Waals surface area (Å²) in [5.41, 5.74) is 1.82. The molecule has 0 bridgehead atoms. The number of thiophene rings is 1. The number of hydrogen-bond acceptors (Lipinski definition) is 5. The van der Waals surface area contributed by atoms with Crippen LogP contribution in [0, 0.1) is 5.92 Å². The lowest BCUT2D eigenvalue weighted by Gasteiger charge is -2.30. The van der Waals surface area contributed by atoms with E-state index in [1.165, 1.54) is 4.88 Å². The zero-order chi connectivity index (χ0) is 19.9. The average Bonchev–Trinajstić information content (AvgIpc) is 3.10. The number of amides is 1. The molecule has 0 atom stereocenters. The number of aryl methyl sites for hydroxylation is 1. The molecule has 0 spiro atoms. The minimum atomic E-state index is -0.0765. The SMILES string of the molecule is CCOC(=O)C1CCN(Cc2cc(CC)sc2NC(=O)c2ccccc2)CC1. The lowest BCUT2D eigenvalue weighted by Crippen LogP contribution is -2.36. The predicted octanol–water partition coefficient (Wildman–Crippen LogP) is 4.34. The van der Waals surface area contributed by atoms with E-state index in [1.807, 2.05) is 37.3 Å². The Balaban J connectivity index is 1.63. The summed E-state index contributed by atoms with van der Waals surface area (Å²) in [5, 5.41) is 4.02. The van der Waals surface area contributed by atoms with Crippen LogP contribution in [0.5, 0.6) is 0 Å². The highest BCUT2D eigenvalue weighted by Crippen LogP contribution is 2.31. The van der Waals surface area contributed by atoms with Gasteiger partial charge >= 0.3 is 5.97 Å². The van der Waals surface area contributed by atoms with Crippen molar-refractivity contribution in [3.63, 3.8) is 0 Å². The van der Waals surface area contributed by atoms with Crippen molar-refractivity contribution in [3.8, 4) is 0 Å². The first-order valence-corrected chi connectivity index (χ1v) is 10.8. The number of rotatable bonds is 7. The Morgan fingerprint density at radius 2 is 1.89 bits per heavy atom. The van der Waals surface area contributed by atoms with Gasteiger partial charge in [-0.3, -0.25) is 14.5 Å². The van der Waals surface area contributed by atoms with Gasteiger partial charge in [-0.1, -0.05) is 25.1 Å². The van der Waals surface area contributed by atoms with E-state index in [9.17, 15) is 9.59 Å². The van der Waals surface area contributed by atoms with Gasteiger partial charge in [0.15, 0.2) is 0 Å². The Morgan fingerprint density at radius 1 is 1.18 bits per heavy atom. The van der Waals surface area contributed by atoms with Gasteiger partial charge in [-0.2, -0.15) is 0 Å². The molecule has 1 fully saturated rings. The lowest BCUT2D eigenvalue weighted by atomic mass is 9.97. The Kier molecular flexibility index (Phi) is 7.23. The van der Waals surface area contributed by atoms with E-state index in [-0.39, 0.29) is 17.8 Å². The minimum absolute atomic E-state index is 0.0159. The van der Waals surface area contributed by atoms with Crippen LogP contribution in [-0.2, 0) is 22.5 Å². The molecule has 0 saturated carbocycles. The van der Waals surface area contributed by atoms with Gasteiger partial charge in [0.2, 0.25) is 0 Å². The Morgan fingerprint density at radius 3 is 2.54 bits per heavy atom. The molecule has 1 N–H and O–H groups in total. The monoisotopic (exact) mass is 400 g/mol. The number of nitrogens with one attached hydrogen (secondary N) is 1. The second-order valence-corrected chi connectivity index (χ2v) is 8.18. The summed E-state index contributed by atoms with van der Waals surface area (Å²) in [6.45, 7) is 6.94. The summed E-state index contributed by atoms with van der Waals surface area (Å²) in [7, 11) is 0. The highest BCUT2D eigenvalue weighted by Gasteiger charge is 2.26. The van der Waals surface area contributed by atoms with Crippen molar-refractivity contribution >= 4 is 28.2 Å². The summed E-state index contributed by atoms with van der Waals surface area (Å²) in [6.07, 6.45) is 2.61. The maximum Gasteiger partial charge on any atom is 0.309 e. The number of nitrogens with zero attached hydrogens (tertiary/aromatic N) is 1. The number of likely N-dealkylation sites (tertiary alicyclic amines) is 1. The van der Waals surface area contributed by atoms with Crippen molar-refractivity contribution in [1.82, 2.24) is 4.90 Å². The van der Waals surface area contributed by atoms with E-state index in [4.69, 9.17) is 4.74 Å². The van der Waals surface area contributed by atoms with Crippen LogP contribution >= 0.6 is 11.3 Å². The number of esters is 1. The van der Waals surface area contributed by atoms with Crippen molar-refractivity contribution in [2.24, 2.45) is 5.92 Å². The van der Waals surface area contributed by atoms with Crippen molar-refractivity contribution in [2.75, 3.05) is 25.0 Å². The van der Waals surface area contributed by atoms with Crippen LogP contribution in [0.3, 0.4) is 0 Å². The topological polar surface area (TPSA) is 58.6 Å². The molecule has 1 aromatic carbocycles. The second kappa shape index (κ2) is 9.85. The van der Waals surface area contributed by atoms with Crippen LogP contribution in [-0.4, -0.2) is 36.5 Å². The Labute approximate surface area is 170 Å². The molecular weight excluding hydrogens is 372 g/mol. The fourth-order valence-corrected chi connectivity index (χ4v) is 4.48. The molecule has 150 valence electrons. The first-order chi connectivity index (χ1) is 13.6. The second-order valence-electron chi connectivity index (χ2n) is 7.04. The van der Waals surface area contributed by atoms with E-state index >= 15 is 0 Å². The van der Waals surface area contributed by atoms with Crippen molar-refractivity contribution in [2.45, 2.75) is 39.7 Å². The molecule has 0 unspecified atom stereocenters. The van der Waals surface area contributed by atoms with Gasteiger partial charge in [0.05, 0.1) is 17.5 Å². The fourth-order valence-electron chi connectivity index (χ4n) is 3.48. The smallest absolute Gasteiger partial charge is 0.309 e. The van der Waals surface area contributed by atoms with Crippen molar-refractivity contribution < 1.29 is 14.3 Å². The molecule has 1 aromatic heterocycles. The van der Waals surface area contributed by atoms with E-state index in [2.05, 4.69) is 23.2 Å². The van der Waals surface area contributed by atoms with Crippen LogP contribution in [0.4, 0.5) is 5.00 Å². The normalized spacial score (nSPS) is 15.4. The van der Waals surface area contributed by atoms with Gasteiger partial charge in [0.25, 0.3) is 5.91 Å². The molecule has 2 aromatic rings. The number of hydrogen-bond donors (Lipinski definition) is 1. The van der Waals surface area contributed by atoms with Crippen LogP contribution in [0.25, 0.3) is 0 Å². The largest absolute Gasteiger partial charge is 0.466 e. The van der Waals surface area contributed by atoms with Gasteiger partial charge in [-0.15, -0.1) is 11.3 Å². The van der Waals surface area contributed by atoms with E-state index in [1.54, 1.807) is 11.3 Å². The summed E-state index contributed by atoms with van der Waals surface area (Å²) in [4.78, 5) is 28.1. The molecule has 1 amide bonds. The Bertz CT molecular complexity index is 795. The van der Waals surface area contributed by atoms with E-state index < -0.39 is 0 Å². The quantitative estimate of drug-likeness (QED) is 0.703. The average molecular weight is 401 g/mol. The minimum Gasteiger partial charge on any atom is -0.466 e. The standard InChI is InChI=1S/C22H28N2O3S/c1-3-19-14-18(15-24-12-10-17(11-13-24)22(26)27-4-2)21(28-19)23-20(25)16-8-6-5-7-9-16/h5-9,14,17H,3-4,10-13,15H2,1-2H3,(H,23,25). The fraction of sp³-hybridized carbons (Fsp3) is 0.455. The molecule has 3 rings (SSSR count). The molecule has 1 saturated heterocycles. The summed E-state index contributed by atoms with van der Waals surface area (Å²) in [5.74, 6) is -0.128. The Hall–Kier alpha value is -2.18. The number of benzene rings is 1. The number of piperidine rings is 1. The lowest BCUT2D eigenvalue weighted by molar-refractivity contribution is -0.149. The summed E-state index contributed by atoms with van der Waals surface area (Å²) in [6, 6.07) is 11.5. The van der Waals surface area contributed by atoms with Gasteiger partial charge in [0, 0.05) is 22.5 Å². The maximum absolute atomic E-state index is 12.6. The van der Waals surface area contributed by atoms with Gasteiger partial charge in [0.1, 0.15) is 0 Å². The number of anilines is 1. The van der Waals surface area contributed by atoms with Crippen LogP contribution in [0.15, 0.2) is 36.4 Å². The van der Waals surface area contributed by atoms with Crippen LogP contribution in [0.1, 0.15) is 47.5 Å². The molecule has 28 heavy (non-hydrogen) atoms. The van der Waals surface area contributed by atoms with E-state index in [0.717, 1.165) is 49.5 Å². The molecule has 6 heteroatoms. The van der Waals surface area contributed by atoms with Crippen LogP contribution in [0.2, 0.25) is 0 Å². The molecule has 0 aliphatic carbocycles.